The topological polar surface area (TPSA) is 39.2 Å². The fourth-order valence-electron chi connectivity index (χ4n) is 1.64. The van der Waals surface area contributed by atoms with Crippen molar-refractivity contribution in [2.24, 2.45) is 5.73 Å². The molecule has 2 N–H and O–H groups in total. The maximum Gasteiger partial charge on any atom is 0.137 e. The Bertz CT molecular complexity index is 429. The van der Waals surface area contributed by atoms with Crippen molar-refractivity contribution in [1.82, 2.24) is 0 Å². The first kappa shape index (κ1) is 9.28. The molecule has 2 heteroatoms. The van der Waals surface area contributed by atoms with Crippen molar-refractivity contribution in [2.45, 2.75) is 26.8 Å². The highest BCUT2D eigenvalue weighted by Gasteiger charge is 2.10. The van der Waals surface area contributed by atoms with Crippen LogP contribution in [-0.4, -0.2) is 0 Å². The number of nitrogens with two attached hydrogens (primary N) is 1. The van der Waals surface area contributed by atoms with Crippen molar-refractivity contribution in [3.8, 4) is 0 Å². The van der Waals surface area contributed by atoms with Crippen molar-refractivity contribution < 1.29 is 4.42 Å². The van der Waals surface area contributed by atoms with E-state index in [9.17, 15) is 0 Å². The Morgan fingerprint density at radius 2 is 1.86 bits per heavy atom. The van der Waals surface area contributed by atoms with Gasteiger partial charge in [-0.05, 0) is 38.0 Å². The molecule has 0 saturated heterocycles. The van der Waals surface area contributed by atoms with Crippen molar-refractivity contribution in [2.75, 3.05) is 0 Å². The highest BCUT2D eigenvalue weighted by atomic mass is 16.3. The molecular formula is C12H15NO. The predicted molar refractivity (Wildman–Crippen MR) is 58.3 cm³/mol. The Hall–Kier alpha value is -1.28. The lowest BCUT2D eigenvalue weighted by molar-refractivity contribution is 0.511. The molecule has 0 spiro atoms. The third kappa shape index (κ3) is 1.32. The van der Waals surface area contributed by atoms with Crippen LogP contribution in [-0.2, 0) is 0 Å². The third-order valence-electron chi connectivity index (χ3n) is 2.57. The fraction of sp³-hybridized carbons (Fsp3) is 0.333. The number of aryl methyl sites for hydroxylation is 2. The van der Waals surface area contributed by atoms with E-state index in [2.05, 4.69) is 26.0 Å². The molecule has 1 heterocycles. The summed E-state index contributed by atoms with van der Waals surface area (Å²) in [6.45, 7) is 6.07. The van der Waals surface area contributed by atoms with Gasteiger partial charge in [0.05, 0.1) is 6.04 Å². The standard InChI is InChI=1S/C12H15NO/c1-7-4-5-8(2)12-10(7)6-11(14-12)9(3)13/h4-6,9H,13H2,1-3H3. The van der Waals surface area contributed by atoms with E-state index in [1.807, 2.05) is 13.0 Å². The monoisotopic (exact) mass is 189 g/mol. The van der Waals surface area contributed by atoms with E-state index in [1.165, 1.54) is 10.9 Å². The summed E-state index contributed by atoms with van der Waals surface area (Å²) >= 11 is 0. The highest BCUT2D eigenvalue weighted by Crippen LogP contribution is 2.27. The second kappa shape index (κ2) is 3.14. The minimum Gasteiger partial charge on any atom is -0.459 e. The summed E-state index contributed by atoms with van der Waals surface area (Å²) in [6, 6.07) is 6.19. The van der Waals surface area contributed by atoms with E-state index >= 15 is 0 Å². The first-order chi connectivity index (χ1) is 6.59. The molecule has 2 rings (SSSR count). The van der Waals surface area contributed by atoms with Crippen LogP contribution in [0.3, 0.4) is 0 Å². The van der Waals surface area contributed by atoms with Gasteiger partial charge in [0.15, 0.2) is 0 Å². The number of fused-ring (bicyclic) bond motifs is 1. The zero-order valence-electron chi connectivity index (χ0n) is 8.79. The summed E-state index contributed by atoms with van der Waals surface area (Å²) in [5.41, 5.74) is 9.16. The van der Waals surface area contributed by atoms with Gasteiger partial charge in [-0.25, -0.2) is 0 Å². The lowest BCUT2D eigenvalue weighted by Gasteiger charge is -1.98. The smallest absolute Gasteiger partial charge is 0.137 e. The molecule has 0 radical (unpaired) electrons. The normalized spacial score (nSPS) is 13.4. The average molecular weight is 189 g/mol. The van der Waals surface area contributed by atoms with Crippen LogP contribution in [0.25, 0.3) is 11.0 Å². The summed E-state index contributed by atoms with van der Waals surface area (Å²) in [6.07, 6.45) is 0. The Morgan fingerprint density at radius 3 is 2.43 bits per heavy atom. The Kier molecular flexibility index (Phi) is 2.08. The average Bonchev–Trinajstić information content (AvgIpc) is 2.57. The second-order valence-electron chi connectivity index (χ2n) is 3.88. The number of benzene rings is 1. The van der Waals surface area contributed by atoms with Crippen molar-refractivity contribution in [3.63, 3.8) is 0 Å². The Morgan fingerprint density at radius 1 is 1.21 bits per heavy atom. The number of furan rings is 1. The molecule has 2 nitrogen and oxygen atoms in total. The van der Waals surface area contributed by atoms with E-state index in [-0.39, 0.29) is 6.04 Å². The molecule has 0 aliphatic carbocycles. The van der Waals surface area contributed by atoms with E-state index in [1.54, 1.807) is 0 Å². The molecule has 0 aliphatic heterocycles. The second-order valence-corrected chi connectivity index (χ2v) is 3.88. The largest absolute Gasteiger partial charge is 0.459 e. The number of hydrogen-bond acceptors (Lipinski definition) is 2. The summed E-state index contributed by atoms with van der Waals surface area (Å²) in [5.74, 6) is 0.859. The van der Waals surface area contributed by atoms with E-state index in [0.717, 1.165) is 16.9 Å². The molecular weight excluding hydrogens is 174 g/mol. The molecule has 0 aliphatic rings. The van der Waals surface area contributed by atoms with Gasteiger partial charge < -0.3 is 10.2 Å². The maximum atomic E-state index is 5.78. The Labute approximate surface area is 83.7 Å². The van der Waals surface area contributed by atoms with Gasteiger partial charge >= 0.3 is 0 Å². The van der Waals surface area contributed by atoms with Crippen molar-refractivity contribution in [1.29, 1.82) is 0 Å². The third-order valence-corrected chi connectivity index (χ3v) is 2.57. The summed E-state index contributed by atoms with van der Waals surface area (Å²) in [4.78, 5) is 0. The molecule has 1 unspecified atom stereocenters. The molecule has 14 heavy (non-hydrogen) atoms. The summed E-state index contributed by atoms with van der Waals surface area (Å²) in [5, 5.41) is 1.18. The molecule has 2 aromatic rings. The quantitative estimate of drug-likeness (QED) is 0.748. The van der Waals surface area contributed by atoms with E-state index in [4.69, 9.17) is 10.2 Å². The molecule has 0 amide bonds. The lowest BCUT2D eigenvalue weighted by Crippen LogP contribution is -2.02. The fourth-order valence-corrected chi connectivity index (χ4v) is 1.64. The molecule has 0 bridgehead atoms. The molecule has 74 valence electrons. The SMILES string of the molecule is Cc1ccc(C)c2oc(C(C)N)cc12. The van der Waals surface area contributed by atoms with Gasteiger partial charge in [0.25, 0.3) is 0 Å². The zero-order chi connectivity index (χ0) is 10.3. The predicted octanol–water partition coefficient (Wildman–Crippen LogP) is 3.07. The lowest BCUT2D eigenvalue weighted by atomic mass is 10.1. The van der Waals surface area contributed by atoms with Crippen LogP contribution >= 0.6 is 0 Å². The van der Waals surface area contributed by atoms with Gasteiger partial charge in [0.1, 0.15) is 11.3 Å². The summed E-state index contributed by atoms with van der Waals surface area (Å²) < 4.78 is 5.72. The van der Waals surface area contributed by atoms with Gasteiger partial charge in [-0.2, -0.15) is 0 Å². The van der Waals surface area contributed by atoms with Crippen LogP contribution in [0.1, 0.15) is 29.9 Å². The van der Waals surface area contributed by atoms with Gasteiger partial charge in [-0.1, -0.05) is 12.1 Å². The minimum atomic E-state index is -0.0406. The first-order valence-electron chi connectivity index (χ1n) is 4.85. The van der Waals surface area contributed by atoms with Crippen LogP contribution in [0.15, 0.2) is 22.6 Å². The van der Waals surface area contributed by atoms with Gasteiger partial charge in [0, 0.05) is 5.39 Å². The van der Waals surface area contributed by atoms with Crippen LogP contribution in [0.2, 0.25) is 0 Å². The maximum absolute atomic E-state index is 5.78. The molecule has 1 aromatic heterocycles. The van der Waals surface area contributed by atoms with Gasteiger partial charge in [-0.15, -0.1) is 0 Å². The first-order valence-corrected chi connectivity index (χ1v) is 4.85. The minimum absolute atomic E-state index is 0.0406. The van der Waals surface area contributed by atoms with Crippen LogP contribution in [0.5, 0.6) is 0 Å². The zero-order valence-corrected chi connectivity index (χ0v) is 8.79. The van der Waals surface area contributed by atoms with Gasteiger partial charge in [0.2, 0.25) is 0 Å². The van der Waals surface area contributed by atoms with E-state index in [0.29, 0.717) is 0 Å². The Balaban J connectivity index is 2.75. The van der Waals surface area contributed by atoms with Crippen molar-refractivity contribution in [3.05, 3.63) is 35.1 Å². The van der Waals surface area contributed by atoms with E-state index < -0.39 is 0 Å². The molecule has 0 saturated carbocycles. The molecule has 0 fully saturated rings. The molecule has 1 atom stereocenters. The van der Waals surface area contributed by atoms with Crippen LogP contribution < -0.4 is 5.73 Å². The number of hydrogen-bond donors (Lipinski definition) is 1. The van der Waals surface area contributed by atoms with Gasteiger partial charge in [-0.3, -0.25) is 0 Å². The number of rotatable bonds is 1. The van der Waals surface area contributed by atoms with Crippen LogP contribution in [0, 0.1) is 13.8 Å². The highest BCUT2D eigenvalue weighted by molar-refractivity contribution is 5.84. The summed E-state index contributed by atoms with van der Waals surface area (Å²) in [7, 11) is 0. The van der Waals surface area contributed by atoms with Crippen molar-refractivity contribution >= 4 is 11.0 Å². The molecule has 1 aromatic carbocycles. The van der Waals surface area contributed by atoms with Crippen LogP contribution in [0.4, 0.5) is 0 Å².